The highest BCUT2D eigenvalue weighted by molar-refractivity contribution is 8.76. The van der Waals surface area contributed by atoms with Gasteiger partial charge in [0.2, 0.25) is 11.8 Å². The van der Waals surface area contributed by atoms with Crippen molar-refractivity contribution in [2.45, 2.75) is 19.9 Å². The van der Waals surface area contributed by atoms with Crippen molar-refractivity contribution in [3.63, 3.8) is 0 Å². The van der Waals surface area contributed by atoms with Gasteiger partial charge < -0.3 is 16.0 Å². The third-order valence-corrected chi connectivity index (χ3v) is 7.06. The molecule has 2 aromatic rings. The molecule has 0 radical (unpaired) electrons. The van der Waals surface area contributed by atoms with Gasteiger partial charge in [0.05, 0.1) is 18.4 Å². The fourth-order valence-corrected chi connectivity index (χ4v) is 4.62. The predicted octanol–water partition coefficient (Wildman–Crippen LogP) is 2.06. The number of carbonyl (C=O) groups is 2. The Hall–Kier alpha value is -2.56. The maximum atomic E-state index is 11.9. The molecule has 0 aliphatic rings. The second kappa shape index (κ2) is 17.0. The van der Waals surface area contributed by atoms with Crippen LogP contribution < -0.4 is 25.5 Å². The van der Waals surface area contributed by atoms with Crippen LogP contribution >= 0.6 is 21.6 Å². The van der Waals surface area contributed by atoms with Crippen molar-refractivity contribution in [3.05, 3.63) is 60.4 Å². The van der Waals surface area contributed by atoms with Gasteiger partial charge in [0.1, 0.15) is 0 Å². The molecule has 0 spiro atoms. The summed E-state index contributed by atoms with van der Waals surface area (Å²) < 4.78 is 2.10. The second-order valence-electron chi connectivity index (χ2n) is 7.45. The molecule has 0 bridgehead atoms. The molecule has 0 saturated carbocycles. The number of para-hydroxylation sites is 1. The minimum atomic E-state index is -0.00342. The minimum Gasteiger partial charge on any atom is -0.355 e. The summed E-state index contributed by atoms with van der Waals surface area (Å²) in [6, 6.07) is 14.1. The van der Waals surface area contributed by atoms with Crippen LogP contribution in [-0.4, -0.2) is 62.8 Å². The quantitative estimate of drug-likeness (QED) is 0.107. The zero-order valence-corrected chi connectivity index (χ0v) is 21.5. The maximum Gasteiger partial charge on any atom is 0.221 e. The maximum absolute atomic E-state index is 11.9. The van der Waals surface area contributed by atoms with E-state index in [0.29, 0.717) is 26.1 Å². The number of nitrogens with zero attached hydrogens (tertiary/aromatic N) is 3. The van der Waals surface area contributed by atoms with Gasteiger partial charge in [0.25, 0.3) is 0 Å². The van der Waals surface area contributed by atoms with Gasteiger partial charge in [-0.3, -0.25) is 14.6 Å². The lowest BCUT2D eigenvalue weighted by Crippen LogP contribution is -2.39. The number of amides is 2. The summed E-state index contributed by atoms with van der Waals surface area (Å²) in [5.41, 5.74) is 2.07. The number of pyridine rings is 1. The van der Waals surface area contributed by atoms with E-state index < -0.39 is 0 Å². The van der Waals surface area contributed by atoms with E-state index in [1.165, 1.54) is 6.92 Å². The van der Waals surface area contributed by atoms with Gasteiger partial charge in [-0.2, -0.15) is 5.10 Å². The molecule has 1 aromatic heterocycles. The van der Waals surface area contributed by atoms with Gasteiger partial charge >= 0.3 is 0 Å². The fourth-order valence-electron chi connectivity index (χ4n) is 2.81. The lowest BCUT2D eigenvalue weighted by atomic mass is 10.3. The van der Waals surface area contributed by atoms with Gasteiger partial charge in [-0.1, -0.05) is 39.8 Å². The van der Waals surface area contributed by atoms with Gasteiger partial charge in [0, 0.05) is 69.2 Å². The van der Waals surface area contributed by atoms with Crippen molar-refractivity contribution < 1.29 is 14.2 Å². The van der Waals surface area contributed by atoms with Crippen LogP contribution in [0.4, 0.5) is 5.69 Å². The summed E-state index contributed by atoms with van der Waals surface area (Å²) in [4.78, 5) is 22.6. The average Bonchev–Trinajstić information content (AvgIpc) is 2.85. The van der Waals surface area contributed by atoms with Crippen molar-refractivity contribution in [3.8, 4) is 0 Å². The number of hydrogen-bond acceptors (Lipinski definition) is 7. The number of benzene rings is 1. The zero-order valence-electron chi connectivity index (χ0n) is 19.9. The zero-order chi connectivity index (χ0) is 24.4. The summed E-state index contributed by atoms with van der Waals surface area (Å²) in [7, 11) is 5.33. The van der Waals surface area contributed by atoms with Crippen LogP contribution in [0.5, 0.6) is 0 Å². The van der Waals surface area contributed by atoms with Crippen LogP contribution in [0.2, 0.25) is 0 Å². The molecule has 0 saturated heterocycles. The first kappa shape index (κ1) is 27.7. The number of nitrogens with one attached hydrogen (secondary N) is 3. The Balaban J connectivity index is 1.50. The number of hydrogen-bond donors (Lipinski definition) is 3. The highest BCUT2D eigenvalue weighted by Crippen LogP contribution is 2.19. The number of anilines is 1. The van der Waals surface area contributed by atoms with Crippen molar-refractivity contribution in [2.75, 3.05) is 49.7 Å². The third kappa shape index (κ3) is 12.6. The SMILES string of the molecule is CC(=O)NCCSSCCNC(=O)CCNCC[n+]1ccc(C=NN(C)c2ccccc2)cc1. The molecular formula is C24H35N6O2S2+. The van der Waals surface area contributed by atoms with Gasteiger partial charge in [0.15, 0.2) is 18.9 Å². The van der Waals surface area contributed by atoms with E-state index in [1.807, 2.05) is 73.1 Å². The van der Waals surface area contributed by atoms with Crippen LogP contribution in [0, 0.1) is 0 Å². The summed E-state index contributed by atoms with van der Waals surface area (Å²) in [6.45, 7) is 5.12. The summed E-state index contributed by atoms with van der Waals surface area (Å²) in [5.74, 6) is 1.77. The van der Waals surface area contributed by atoms with Gasteiger partial charge in [-0.25, -0.2) is 4.57 Å². The number of aromatic nitrogens is 1. The molecule has 1 heterocycles. The van der Waals surface area contributed by atoms with E-state index in [1.54, 1.807) is 21.6 Å². The lowest BCUT2D eigenvalue weighted by molar-refractivity contribution is -0.695. The highest BCUT2D eigenvalue weighted by atomic mass is 33.1. The van der Waals surface area contributed by atoms with Crippen LogP contribution in [0.3, 0.4) is 0 Å². The fraction of sp³-hybridized carbons (Fsp3) is 0.417. The third-order valence-electron chi connectivity index (χ3n) is 4.65. The lowest BCUT2D eigenvalue weighted by Gasteiger charge is -2.11. The average molecular weight is 504 g/mol. The number of hydrazone groups is 1. The predicted molar refractivity (Wildman–Crippen MR) is 143 cm³/mol. The highest BCUT2D eigenvalue weighted by Gasteiger charge is 2.03. The number of carbonyl (C=O) groups excluding carboxylic acids is 2. The minimum absolute atomic E-state index is 0.00342. The first-order valence-electron chi connectivity index (χ1n) is 11.3. The summed E-state index contributed by atoms with van der Waals surface area (Å²) in [5, 5.41) is 15.3. The molecule has 0 fully saturated rings. The first-order valence-corrected chi connectivity index (χ1v) is 13.8. The van der Waals surface area contributed by atoms with Gasteiger partial charge in [-0.15, -0.1) is 0 Å². The molecule has 8 nitrogen and oxygen atoms in total. The topological polar surface area (TPSA) is 89.7 Å². The molecule has 2 amide bonds. The van der Waals surface area contributed by atoms with Crippen LogP contribution in [0.15, 0.2) is 60.0 Å². The number of rotatable bonds is 16. The van der Waals surface area contributed by atoms with E-state index in [2.05, 4.69) is 25.6 Å². The van der Waals surface area contributed by atoms with Gasteiger partial charge in [-0.05, 0) is 12.1 Å². The van der Waals surface area contributed by atoms with E-state index in [0.717, 1.165) is 35.8 Å². The smallest absolute Gasteiger partial charge is 0.221 e. The molecule has 184 valence electrons. The van der Waals surface area contributed by atoms with Crippen LogP contribution in [0.25, 0.3) is 0 Å². The van der Waals surface area contributed by atoms with E-state index in [4.69, 9.17) is 0 Å². The molecule has 10 heteroatoms. The van der Waals surface area contributed by atoms with Crippen molar-refractivity contribution in [2.24, 2.45) is 5.10 Å². The standard InChI is InChI=1S/C24H34N6O2S2/c1-21(31)26-13-18-33-34-19-14-27-24(32)8-11-25-12-17-30-15-9-22(10-16-30)20-28-29(2)23-6-4-3-5-7-23/h3-7,9-10,15-16,20,25H,8,11-14,17-19H2,1-2H3,(H-,26,27,31,32)/p+1. The molecule has 1 aromatic carbocycles. The second-order valence-corrected chi connectivity index (χ2v) is 10.2. The largest absolute Gasteiger partial charge is 0.355 e. The Labute approximate surface area is 210 Å². The monoisotopic (exact) mass is 503 g/mol. The molecular weight excluding hydrogens is 468 g/mol. The Morgan fingerprint density at radius 3 is 2.32 bits per heavy atom. The van der Waals surface area contributed by atoms with Crippen molar-refractivity contribution in [1.82, 2.24) is 16.0 Å². The first-order chi connectivity index (χ1) is 16.5. The molecule has 3 N–H and O–H groups in total. The molecule has 0 aliphatic carbocycles. The van der Waals surface area contributed by atoms with Crippen molar-refractivity contribution in [1.29, 1.82) is 0 Å². The Morgan fingerprint density at radius 1 is 0.971 bits per heavy atom. The van der Waals surface area contributed by atoms with Crippen LogP contribution in [-0.2, 0) is 16.1 Å². The molecule has 0 aliphatic heterocycles. The van der Waals surface area contributed by atoms with Crippen LogP contribution in [0.1, 0.15) is 18.9 Å². The Bertz CT molecular complexity index is 881. The molecule has 34 heavy (non-hydrogen) atoms. The van der Waals surface area contributed by atoms with E-state index in [-0.39, 0.29) is 11.8 Å². The molecule has 0 unspecified atom stereocenters. The Kier molecular flexibility index (Phi) is 13.8. The summed E-state index contributed by atoms with van der Waals surface area (Å²) in [6.07, 6.45) is 6.38. The van der Waals surface area contributed by atoms with Crippen molar-refractivity contribution >= 4 is 45.3 Å². The van der Waals surface area contributed by atoms with E-state index in [9.17, 15) is 9.59 Å². The summed E-state index contributed by atoms with van der Waals surface area (Å²) >= 11 is 0. The Morgan fingerprint density at radius 2 is 1.65 bits per heavy atom. The normalized spacial score (nSPS) is 10.9. The molecule has 0 atom stereocenters. The molecule has 2 rings (SSSR count). The van der Waals surface area contributed by atoms with E-state index >= 15 is 0 Å².